The third kappa shape index (κ3) is 2.63. The van der Waals surface area contributed by atoms with E-state index in [1.54, 1.807) is 0 Å². The lowest BCUT2D eigenvalue weighted by Crippen LogP contribution is -2.54. The molecule has 0 radical (unpaired) electrons. The Morgan fingerprint density at radius 3 is 3.05 bits per heavy atom. The molecule has 1 aliphatic rings. The van der Waals surface area contributed by atoms with Crippen LogP contribution in [0.1, 0.15) is 30.6 Å². The molecular weight excluding hydrogens is 271 g/mol. The largest absolute Gasteiger partial charge is 0.349 e. The molecule has 0 bridgehead atoms. The molecule has 1 aromatic heterocycles. The predicted octanol–water partition coefficient (Wildman–Crippen LogP) is 1.82. The number of piperidine rings is 1. The van der Waals surface area contributed by atoms with Crippen molar-refractivity contribution in [3.05, 3.63) is 29.8 Å². The lowest BCUT2D eigenvalue weighted by atomic mass is 9.80. The molecule has 112 valence electrons. The Morgan fingerprint density at radius 2 is 2.29 bits per heavy atom. The smallest absolute Gasteiger partial charge is 0.253 e. The number of benzene rings is 1. The summed E-state index contributed by atoms with van der Waals surface area (Å²) in [7, 11) is 0. The summed E-state index contributed by atoms with van der Waals surface area (Å²) >= 11 is 0. The molecule has 1 aromatic carbocycles. The third-order valence-corrected chi connectivity index (χ3v) is 4.17. The molecular formula is C15H19FN4O. The fraction of sp³-hybridized carbons (Fsp3) is 0.467. The number of nitrogens with one attached hydrogen (secondary N) is 3. The van der Waals surface area contributed by atoms with E-state index in [1.165, 1.54) is 18.5 Å². The van der Waals surface area contributed by atoms with Crippen LogP contribution in [0.4, 0.5) is 4.39 Å². The van der Waals surface area contributed by atoms with Gasteiger partial charge in [0.1, 0.15) is 11.3 Å². The van der Waals surface area contributed by atoms with Gasteiger partial charge in [0.2, 0.25) is 0 Å². The molecule has 1 amide bonds. The fourth-order valence-electron chi connectivity index (χ4n) is 2.86. The number of aromatic amines is 1. The molecule has 5 nitrogen and oxygen atoms in total. The maximum Gasteiger partial charge on any atom is 0.253 e. The number of nitrogens with zero attached hydrogens (tertiary/aromatic N) is 1. The van der Waals surface area contributed by atoms with Gasteiger partial charge in [-0.1, -0.05) is 13.8 Å². The number of carbonyl (C=O) groups is 1. The maximum atomic E-state index is 13.6. The lowest BCUT2D eigenvalue weighted by molar-refractivity contribution is 0.0870. The topological polar surface area (TPSA) is 69.8 Å². The van der Waals surface area contributed by atoms with Crippen LogP contribution in [0.3, 0.4) is 0 Å². The Labute approximate surface area is 122 Å². The number of hydrogen-bond acceptors (Lipinski definition) is 3. The molecule has 2 heterocycles. The summed E-state index contributed by atoms with van der Waals surface area (Å²) in [6, 6.07) is 2.64. The van der Waals surface area contributed by atoms with Crippen LogP contribution in [0.25, 0.3) is 11.0 Å². The summed E-state index contributed by atoms with van der Waals surface area (Å²) in [5.41, 5.74) is 1.28. The molecule has 3 N–H and O–H groups in total. The molecule has 3 rings (SSSR count). The SMILES string of the molecule is CC1(C)CNCCC1NC(=O)c1cc(F)cc2[nH]cnc12. The average molecular weight is 290 g/mol. The standard InChI is InChI=1S/C15H19FN4O/c1-15(2)7-17-4-3-12(15)20-14(21)10-5-9(16)6-11-13(10)19-8-18-11/h5-6,8,12,17H,3-4,7H2,1-2H3,(H,18,19)(H,20,21). The normalized spacial score (nSPS) is 21.4. The minimum atomic E-state index is -0.443. The van der Waals surface area contributed by atoms with Crippen LogP contribution in [0, 0.1) is 11.2 Å². The Bertz CT molecular complexity index is 679. The van der Waals surface area contributed by atoms with Gasteiger partial charge in [0, 0.05) is 12.6 Å². The van der Waals surface area contributed by atoms with E-state index in [1.807, 2.05) is 0 Å². The highest BCUT2D eigenvalue weighted by atomic mass is 19.1. The van der Waals surface area contributed by atoms with Gasteiger partial charge in [-0.25, -0.2) is 9.37 Å². The Hall–Kier alpha value is -1.95. The van der Waals surface area contributed by atoms with Gasteiger partial charge in [-0.15, -0.1) is 0 Å². The molecule has 0 saturated carbocycles. The summed E-state index contributed by atoms with van der Waals surface area (Å²) in [4.78, 5) is 19.5. The third-order valence-electron chi connectivity index (χ3n) is 4.17. The number of hydrogen-bond donors (Lipinski definition) is 3. The monoisotopic (exact) mass is 290 g/mol. The first-order chi connectivity index (χ1) is 9.97. The van der Waals surface area contributed by atoms with Gasteiger partial charge in [-0.05, 0) is 30.5 Å². The summed E-state index contributed by atoms with van der Waals surface area (Å²) in [6.07, 6.45) is 2.33. The Morgan fingerprint density at radius 1 is 1.48 bits per heavy atom. The minimum absolute atomic E-state index is 0.0358. The van der Waals surface area contributed by atoms with E-state index >= 15 is 0 Å². The average Bonchev–Trinajstić information content (AvgIpc) is 2.88. The van der Waals surface area contributed by atoms with E-state index in [9.17, 15) is 9.18 Å². The van der Waals surface area contributed by atoms with Crippen LogP contribution < -0.4 is 10.6 Å². The van der Waals surface area contributed by atoms with Crippen LogP contribution in [0.5, 0.6) is 0 Å². The zero-order valence-electron chi connectivity index (χ0n) is 12.2. The molecule has 1 unspecified atom stereocenters. The Kier molecular flexibility index (Phi) is 3.41. The molecule has 1 atom stereocenters. The summed E-state index contributed by atoms with van der Waals surface area (Å²) in [5, 5.41) is 6.36. The van der Waals surface area contributed by atoms with Crippen molar-refractivity contribution in [3.63, 3.8) is 0 Å². The van der Waals surface area contributed by atoms with Crippen LogP contribution >= 0.6 is 0 Å². The summed E-state index contributed by atoms with van der Waals surface area (Å²) in [6.45, 7) is 5.94. The number of halogens is 1. The molecule has 1 aliphatic heterocycles. The van der Waals surface area contributed by atoms with Crippen LogP contribution in [0.15, 0.2) is 18.5 Å². The van der Waals surface area contributed by atoms with Crippen molar-refractivity contribution < 1.29 is 9.18 Å². The number of aromatic nitrogens is 2. The van der Waals surface area contributed by atoms with Gasteiger partial charge in [-0.2, -0.15) is 0 Å². The van der Waals surface area contributed by atoms with Crippen molar-refractivity contribution >= 4 is 16.9 Å². The zero-order valence-corrected chi connectivity index (χ0v) is 12.2. The molecule has 2 aromatic rings. The summed E-state index contributed by atoms with van der Waals surface area (Å²) < 4.78 is 13.6. The van der Waals surface area contributed by atoms with Crippen molar-refractivity contribution in [1.29, 1.82) is 0 Å². The van der Waals surface area contributed by atoms with Crippen molar-refractivity contribution in [2.45, 2.75) is 26.3 Å². The van der Waals surface area contributed by atoms with E-state index in [4.69, 9.17) is 0 Å². The van der Waals surface area contributed by atoms with Gasteiger partial charge in [0.05, 0.1) is 17.4 Å². The maximum absolute atomic E-state index is 13.6. The van der Waals surface area contributed by atoms with E-state index in [0.29, 0.717) is 11.0 Å². The van der Waals surface area contributed by atoms with E-state index in [-0.39, 0.29) is 22.9 Å². The molecule has 21 heavy (non-hydrogen) atoms. The highest BCUT2D eigenvalue weighted by Gasteiger charge is 2.33. The first kappa shape index (κ1) is 14.0. The second-order valence-corrected chi connectivity index (χ2v) is 6.23. The highest BCUT2D eigenvalue weighted by Crippen LogP contribution is 2.26. The van der Waals surface area contributed by atoms with E-state index in [2.05, 4.69) is 34.4 Å². The molecule has 6 heteroatoms. The van der Waals surface area contributed by atoms with Crippen molar-refractivity contribution in [1.82, 2.24) is 20.6 Å². The highest BCUT2D eigenvalue weighted by molar-refractivity contribution is 6.04. The summed E-state index contributed by atoms with van der Waals surface area (Å²) in [5.74, 6) is -0.715. The van der Waals surface area contributed by atoms with Crippen LogP contribution in [-0.2, 0) is 0 Å². The number of amides is 1. The Balaban J connectivity index is 1.89. The van der Waals surface area contributed by atoms with Crippen LogP contribution in [-0.4, -0.2) is 35.0 Å². The second kappa shape index (κ2) is 5.11. The first-order valence-electron chi connectivity index (χ1n) is 7.11. The van der Waals surface area contributed by atoms with Gasteiger partial charge in [0.15, 0.2) is 0 Å². The van der Waals surface area contributed by atoms with Gasteiger partial charge < -0.3 is 15.6 Å². The molecule has 0 spiro atoms. The second-order valence-electron chi connectivity index (χ2n) is 6.23. The van der Waals surface area contributed by atoms with E-state index < -0.39 is 5.82 Å². The minimum Gasteiger partial charge on any atom is -0.349 e. The zero-order chi connectivity index (χ0) is 15.0. The molecule has 1 saturated heterocycles. The number of carbonyl (C=O) groups excluding carboxylic acids is 1. The number of fused-ring (bicyclic) bond motifs is 1. The van der Waals surface area contributed by atoms with Crippen molar-refractivity contribution in [3.8, 4) is 0 Å². The molecule has 0 aliphatic carbocycles. The molecule has 1 fully saturated rings. The van der Waals surface area contributed by atoms with Crippen molar-refractivity contribution in [2.75, 3.05) is 13.1 Å². The quantitative estimate of drug-likeness (QED) is 0.790. The lowest BCUT2D eigenvalue weighted by Gasteiger charge is -2.39. The number of H-pyrrole nitrogens is 1. The predicted molar refractivity (Wildman–Crippen MR) is 78.6 cm³/mol. The number of rotatable bonds is 2. The van der Waals surface area contributed by atoms with E-state index in [0.717, 1.165) is 19.5 Å². The van der Waals surface area contributed by atoms with Gasteiger partial charge >= 0.3 is 0 Å². The fourth-order valence-corrected chi connectivity index (χ4v) is 2.86. The van der Waals surface area contributed by atoms with Gasteiger partial charge in [-0.3, -0.25) is 4.79 Å². The first-order valence-corrected chi connectivity index (χ1v) is 7.11. The van der Waals surface area contributed by atoms with Gasteiger partial charge in [0.25, 0.3) is 5.91 Å². The van der Waals surface area contributed by atoms with Crippen LogP contribution in [0.2, 0.25) is 0 Å². The number of imidazole rings is 1. The van der Waals surface area contributed by atoms with Crippen molar-refractivity contribution in [2.24, 2.45) is 5.41 Å².